The minimum atomic E-state index is -0.451. The predicted molar refractivity (Wildman–Crippen MR) is 76.4 cm³/mol. The standard InChI is InChI=1S/C14H27N3O3/c1-19-7-3-5-13(15)14(18)16-8-12-9-17-6-2-4-11(17)10-20-12/h11-13H,2-10,15H2,1H3,(H,16,18). The number of nitrogens with two attached hydrogens (primary N) is 1. The van der Waals surface area contributed by atoms with Crippen molar-refractivity contribution in [2.24, 2.45) is 5.73 Å². The number of carbonyl (C=O) groups excluding carboxylic acids is 1. The van der Waals surface area contributed by atoms with Gasteiger partial charge in [-0.2, -0.15) is 0 Å². The third kappa shape index (κ3) is 4.41. The number of hydrogen-bond donors (Lipinski definition) is 2. The second kappa shape index (κ2) is 7.93. The predicted octanol–water partition coefficient (Wildman–Crippen LogP) is -0.280. The largest absolute Gasteiger partial charge is 0.385 e. The van der Waals surface area contributed by atoms with Crippen LogP contribution in [0.2, 0.25) is 0 Å². The van der Waals surface area contributed by atoms with Gasteiger partial charge in [-0.05, 0) is 32.2 Å². The maximum absolute atomic E-state index is 11.9. The number of rotatable bonds is 7. The summed E-state index contributed by atoms with van der Waals surface area (Å²) in [5.41, 5.74) is 5.84. The normalized spacial score (nSPS) is 28.1. The Morgan fingerprint density at radius 3 is 3.25 bits per heavy atom. The fourth-order valence-corrected chi connectivity index (χ4v) is 2.93. The number of hydrogen-bond acceptors (Lipinski definition) is 5. The fourth-order valence-electron chi connectivity index (χ4n) is 2.93. The second-order valence-corrected chi connectivity index (χ2v) is 5.73. The van der Waals surface area contributed by atoms with E-state index in [2.05, 4.69) is 10.2 Å². The Hall–Kier alpha value is -0.690. The molecule has 2 saturated heterocycles. The van der Waals surface area contributed by atoms with Crippen molar-refractivity contribution >= 4 is 5.91 Å². The molecule has 2 fully saturated rings. The van der Waals surface area contributed by atoms with Crippen molar-refractivity contribution in [3.63, 3.8) is 0 Å². The molecule has 2 aliphatic heterocycles. The lowest BCUT2D eigenvalue weighted by atomic mass is 10.1. The molecule has 0 radical (unpaired) electrons. The molecule has 2 heterocycles. The molecule has 0 aliphatic carbocycles. The molecule has 6 nitrogen and oxygen atoms in total. The first kappa shape index (κ1) is 15.7. The summed E-state index contributed by atoms with van der Waals surface area (Å²) in [5.74, 6) is -0.0896. The zero-order valence-corrected chi connectivity index (χ0v) is 12.3. The number of carbonyl (C=O) groups is 1. The van der Waals surface area contributed by atoms with Gasteiger partial charge in [-0.25, -0.2) is 0 Å². The highest BCUT2D eigenvalue weighted by molar-refractivity contribution is 5.81. The van der Waals surface area contributed by atoms with Crippen LogP contribution >= 0.6 is 0 Å². The molecular weight excluding hydrogens is 258 g/mol. The third-order valence-corrected chi connectivity index (χ3v) is 4.17. The number of nitrogens with zero attached hydrogens (tertiary/aromatic N) is 1. The SMILES string of the molecule is COCCCC(N)C(=O)NCC1CN2CCCC2CO1. The molecule has 0 aromatic heterocycles. The smallest absolute Gasteiger partial charge is 0.237 e. The first-order valence-corrected chi connectivity index (χ1v) is 7.58. The molecule has 20 heavy (non-hydrogen) atoms. The molecule has 0 saturated carbocycles. The lowest BCUT2D eigenvalue weighted by Crippen LogP contribution is -2.51. The van der Waals surface area contributed by atoms with E-state index >= 15 is 0 Å². The van der Waals surface area contributed by atoms with Gasteiger partial charge in [0.2, 0.25) is 5.91 Å². The summed E-state index contributed by atoms with van der Waals surface area (Å²) in [7, 11) is 1.65. The van der Waals surface area contributed by atoms with E-state index < -0.39 is 6.04 Å². The summed E-state index contributed by atoms with van der Waals surface area (Å²) in [6.07, 6.45) is 4.06. The molecule has 3 unspecified atom stereocenters. The summed E-state index contributed by atoms with van der Waals surface area (Å²) in [4.78, 5) is 14.3. The van der Waals surface area contributed by atoms with Gasteiger partial charge in [-0.15, -0.1) is 0 Å². The monoisotopic (exact) mass is 285 g/mol. The van der Waals surface area contributed by atoms with Gasteiger partial charge in [0.15, 0.2) is 0 Å². The molecule has 6 heteroatoms. The zero-order chi connectivity index (χ0) is 14.4. The van der Waals surface area contributed by atoms with Gasteiger partial charge in [0, 0.05) is 32.8 Å². The number of amides is 1. The van der Waals surface area contributed by atoms with Crippen LogP contribution in [0.15, 0.2) is 0 Å². The average Bonchev–Trinajstić information content (AvgIpc) is 2.92. The molecule has 116 valence electrons. The van der Waals surface area contributed by atoms with Crippen LogP contribution in [0.25, 0.3) is 0 Å². The minimum absolute atomic E-state index is 0.0896. The zero-order valence-electron chi connectivity index (χ0n) is 12.3. The Bertz CT molecular complexity index is 314. The van der Waals surface area contributed by atoms with E-state index in [-0.39, 0.29) is 12.0 Å². The van der Waals surface area contributed by atoms with E-state index in [4.69, 9.17) is 15.2 Å². The van der Waals surface area contributed by atoms with Crippen molar-refractivity contribution in [3.8, 4) is 0 Å². The number of ether oxygens (including phenoxy) is 2. The topological polar surface area (TPSA) is 76.8 Å². The molecule has 0 bridgehead atoms. The van der Waals surface area contributed by atoms with Crippen LogP contribution in [0.4, 0.5) is 0 Å². The Morgan fingerprint density at radius 2 is 2.45 bits per heavy atom. The maximum atomic E-state index is 11.9. The van der Waals surface area contributed by atoms with E-state index in [1.54, 1.807) is 7.11 Å². The summed E-state index contributed by atoms with van der Waals surface area (Å²) >= 11 is 0. The number of morpholine rings is 1. The molecule has 2 rings (SSSR count). The van der Waals surface area contributed by atoms with E-state index in [1.165, 1.54) is 12.8 Å². The molecule has 3 atom stereocenters. The quantitative estimate of drug-likeness (QED) is 0.629. The van der Waals surface area contributed by atoms with Crippen LogP contribution in [-0.2, 0) is 14.3 Å². The van der Waals surface area contributed by atoms with Gasteiger partial charge in [-0.3, -0.25) is 9.69 Å². The minimum Gasteiger partial charge on any atom is -0.385 e. The van der Waals surface area contributed by atoms with Gasteiger partial charge in [-0.1, -0.05) is 0 Å². The van der Waals surface area contributed by atoms with E-state index in [1.807, 2.05) is 0 Å². The van der Waals surface area contributed by atoms with Crippen molar-refractivity contribution in [1.82, 2.24) is 10.2 Å². The Labute approximate surface area is 121 Å². The van der Waals surface area contributed by atoms with E-state index in [9.17, 15) is 4.79 Å². The highest BCUT2D eigenvalue weighted by Gasteiger charge is 2.32. The first-order chi connectivity index (χ1) is 9.70. The highest BCUT2D eigenvalue weighted by atomic mass is 16.5. The first-order valence-electron chi connectivity index (χ1n) is 7.58. The van der Waals surface area contributed by atoms with Crippen LogP contribution < -0.4 is 11.1 Å². The maximum Gasteiger partial charge on any atom is 0.237 e. The summed E-state index contributed by atoms with van der Waals surface area (Å²) in [5, 5.41) is 2.90. The second-order valence-electron chi connectivity index (χ2n) is 5.73. The van der Waals surface area contributed by atoms with Crippen molar-refractivity contribution in [3.05, 3.63) is 0 Å². The molecule has 0 aromatic rings. The average molecular weight is 285 g/mol. The lowest BCUT2D eigenvalue weighted by Gasteiger charge is -2.35. The van der Waals surface area contributed by atoms with E-state index in [0.29, 0.717) is 25.6 Å². The highest BCUT2D eigenvalue weighted by Crippen LogP contribution is 2.22. The number of methoxy groups -OCH3 is 1. The van der Waals surface area contributed by atoms with Crippen molar-refractivity contribution < 1.29 is 14.3 Å². The fraction of sp³-hybridized carbons (Fsp3) is 0.929. The van der Waals surface area contributed by atoms with Crippen LogP contribution in [0, 0.1) is 0 Å². The molecule has 0 aromatic carbocycles. The van der Waals surface area contributed by atoms with Crippen LogP contribution in [0.5, 0.6) is 0 Å². The van der Waals surface area contributed by atoms with Gasteiger partial charge < -0.3 is 20.5 Å². The van der Waals surface area contributed by atoms with Crippen molar-refractivity contribution in [2.45, 2.75) is 43.9 Å². The van der Waals surface area contributed by atoms with Gasteiger partial charge in [0.1, 0.15) is 0 Å². The van der Waals surface area contributed by atoms with Gasteiger partial charge in [0.05, 0.1) is 18.8 Å². The summed E-state index contributed by atoms with van der Waals surface area (Å²) in [6.45, 7) is 4.07. The van der Waals surface area contributed by atoms with Crippen LogP contribution in [0.1, 0.15) is 25.7 Å². The summed E-state index contributed by atoms with van der Waals surface area (Å²) in [6, 6.07) is 0.145. The van der Waals surface area contributed by atoms with E-state index in [0.717, 1.165) is 26.1 Å². The Kier molecular flexibility index (Phi) is 6.22. The van der Waals surface area contributed by atoms with Crippen molar-refractivity contribution in [1.29, 1.82) is 0 Å². The molecule has 0 spiro atoms. The Morgan fingerprint density at radius 1 is 1.60 bits per heavy atom. The number of nitrogens with one attached hydrogen (secondary N) is 1. The summed E-state index contributed by atoms with van der Waals surface area (Å²) < 4.78 is 10.8. The van der Waals surface area contributed by atoms with Crippen LogP contribution in [-0.4, -0.2) is 69.0 Å². The number of fused-ring (bicyclic) bond motifs is 1. The van der Waals surface area contributed by atoms with Crippen LogP contribution in [0.3, 0.4) is 0 Å². The molecule has 1 amide bonds. The van der Waals surface area contributed by atoms with Gasteiger partial charge >= 0.3 is 0 Å². The molecular formula is C14H27N3O3. The third-order valence-electron chi connectivity index (χ3n) is 4.17. The Balaban J connectivity index is 1.63. The lowest BCUT2D eigenvalue weighted by molar-refractivity contribution is -0.124. The molecule has 3 N–H and O–H groups in total. The molecule has 2 aliphatic rings. The van der Waals surface area contributed by atoms with Gasteiger partial charge in [0.25, 0.3) is 0 Å². The van der Waals surface area contributed by atoms with Crippen molar-refractivity contribution in [2.75, 3.05) is 40.0 Å².